The first-order chi connectivity index (χ1) is 67.1. The van der Waals surface area contributed by atoms with E-state index in [1.165, 1.54) is 122 Å². The van der Waals surface area contributed by atoms with Gasteiger partial charge in [0.2, 0.25) is 0 Å². The molecular weight excluding hydrogens is 1710 g/mol. The van der Waals surface area contributed by atoms with E-state index in [0.717, 1.165) is 123 Å². The van der Waals surface area contributed by atoms with Crippen molar-refractivity contribution in [1.82, 2.24) is 0 Å². The van der Waals surface area contributed by atoms with E-state index in [1.54, 1.807) is 0 Å². The minimum Gasteiger partial charge on any atom is -0.454 e. The van der Waals surface area contributed by atoms with Crippen LogP contribution in [0.3, 0.4) is 0 Å². The Labute approximate surface area is 797 Å². The number of fused-ring (bicyclic) bond motifs is 22. The molecule has 0 unspecified atom stereocenters. The van der Waals surface area contributed by atoms with Crippen LogP contribution in [0.25, 0.3) is 172 Å². The quantitative estimate of drug-likeness (QED) is 0.0668. The molecule has 0 N–H and O–H groups in total. The summed E-state index contributed by atoms with van der Waals surface area (Å²) in [5.41, 5.74) is 26.0. The molecular formula is C127H88N4O2S2Si. The molecule has 0 saturated heterocycles. The zero-order valence-electron chi connectivity index (χ0n) is 75.0. The summed E-state index contributed by atoms with van der Waals surface area (Å²) in [6.45, 7) is 7.23. The Morgan fingerprint density at radius 2 is 0.500 bits per heavy atom. The molecule has 9 heteroatoms. The Hall–Kier alpha value is -16.7. The van der Waals surface area contributed by atoms with Gasteiger partial charge in [-0.3, -0.25) is 0 Å². The standard InChI is InChI=1S/C65H48N2OSSi.C62H40N2OS/c1-70(2,3)50-37-34-47(35-38-50)66(46-19-8-5-9-20-46)49-36-40-56-58(42-49)52-22-10-11-24-54(52)63-57-39-31-45(41-62(57)69-65(56)63)43-29-32-48(33-30-43)67(59-26-14-12-21-51(59)44-17-6-4-7-18-44)60-27-16-25-55-53-23-13-15-28-61(53)68-64(55)60;1-4-17-42(18-5-1)48-23-12-14-28-56(48)64(45-21-8-3-9-22-45)47-36-38-53-55(40-47)49-24-10-11-26-51(49)60-54-37-33-43(39-59(54)66-62(53)60)41-31-34-46(35-32-41)63(44-19-6-2-7-20-44)57-29-16-27-52-50-25-13-15-30-58(50)65-61(52)57/h4-42H,1-3H3;1-40H. The summed E-state index contributed by atoms with van der Waals surface area (Å²) >= 11 is 3.80. The highest BCUT2D eigenvalue weighted by molar-refractivity contribution is 7.27. The van der Waals surface area contributed by atoms with Gasteiger partial charge in [-0.25, -0.2) is 0 Å². The van der Waals surface area contributed by atoms with E-state index in [4.69, 9.17) is 8.83 Å². The number of benzene rings is 22. The molecule has 0 aliphatic carbocycles. The van der Waals surface area contributed by atoms with Crippen molar-refractivity contribution < 1.29 is 8.83 Å². The molecule has 0 saturated carbocycles. The van der Waals surface area contributed by atoms with Crippen LogP contribution in [0.1, 0.15) is 0 Å². The number of hydrogen-bond donors (Lipinski definition) is 0. The van der Waals surface area contributed by atoms with Crippen molar-refractivity contribution in [2.45, 2.75) is 19.6 Å². The first-order valence-corrected chi connectivity index (χ1v) is 51.6. The van der Waals surface area contributed by atoms with Gasteiger partial charge in [0.25, 0.3) is 0 Å². The summed E-state index contributed by atoms with van der Waals surface area (Å²) in [7, 11) is -1.46. The summed E-state index contributed by atoms with van der Waals surface area (Å²) in [6, 6.07) is 174. The Bertz CT molecular complexity index is 9090. The second-order valence-electron chi connectivity index (χ2n) is 36.1. The van der Waals surface area contributed by atoms with E-state index >= 15 is 0 Å². The molecule has 4 aromatic heterocycles. The molecule has 0 spiro atoms. The van der Waals surface area contributed by atoms with Gasteiger partial charge in [0.15, 0.2) is 11.2 Å². The molecule has 0 aliphatic heterocycles. The maximum atomic E-state index is 6.69. The summed E-state index contributed by atoms with van der Waals surface area (Å²) in [6.07, 6.45) is 0. The fraction of sp³-hybridized carbons (Fsp3) is 0.0236. The van der Waals surface area contributed by atoms with E-state index in [9.17, 15) is 0 Å². The zero-order chi connectivity index (χ0) is 90.5. The number of para-hydroxylation sites is 9. The number of anilines is 12. The zero-order valence-corrected chi connectivity index (χ0v) is 77.7. The second-order valence-corrected chi connectivity index (χ2v) is 43.3. The number of furan rings is 2. The van der Waals surface area contributed by atoms with E-state index in [-0.39, 0.29) is 0 Å². The fourth-order valence-corrected chi connectivity index (χ4v) is 24.3. The van der Waals surface area contributed by atoms with Crippen LogP contribution in [0.4, 0.5) is 68.2 Å². The van der Waals surface area contributed by atoms with Crippen molar-refractivity contribution in [3.63, 3.8) is 0 Å². The normalized spacial score (nSPS) is 11.8. The van der Waals surface area contributed by atoms with Gasteiger partial charge in [-0.1, -0.05) is 358 Å². The van der Waals surface area contributed by atoms with Gasteiger partial charge in [-0.2, -0.15) is 0 Å². The smallest absolute Gasteiger partial charge is 0.159 e. The number of rotatable bonds is 17. The summed E-state index contributed by atoms with van der Waals surface area (Å²) in [5.74, 6) is 0. The highest BCUT2D eigenvalue weighted by Gasteiger charge is 2.28. The van der Waals surface area contributed by atoms with Crippen LogP contribution in [-0.4, -0.2) is 8.07 Å². The minimum atomic E-state index is -1.46. The molecule has 0 radical (unpaired) electrons. The van der Waals surface area contributed by atoms with Gasteiger partial charge in [-0.15, -0.1) is 22.7 Å². The average Bonchev–Trinajstić information content (AvgIpc) is 1.55. The van der Waals surface area contributed by atoms with Gasteiger partial charge in [-0.05, 0) is 211 Å². The Kier molecular flexibility index (Phi) is 20.3. The van der Waals surface area contributed by atoms with E-state index < -0.39 is 8.07 Å². The maximum Gasteiger partial charge on any atom is 0.159 e. The highest BCUT2D eigenvalue weighted by atomic mass is 32.1. The van der Waals surface area contributed by atoms with Gasteiger partial charge in [0.1, 0.15) is 11.2 Å². The van der Waals surface area contributed by atoms with Crippen LogP contribution in [0.2, 0.25) is 19.6 Å². The first-order valence-electron chi connectivity index (χ1n) is 46.5. The third-order valence-corrected chi connectivity index (χ3v) is 31.5. The molecule has 0 amide bonds. The minimum absolute atomic E-state index is 0.864. The molecule has 6 nitrogen and oxygen atoms in total. The highest BCUT2D eigenvalue weighted by Crippen LogP contribution is 2.53. The van der Waals surface area contributed by atoms with Gasteiger partial charge < -0.3 is 28.4 Å². The lowest BCUT2D eigenvalue weighted by Gasteiger charge is -2.28. The van der Waals surface area contributed by atoms with E-state index in [2.05, 4.69) is 500 Å². The number of nitrogens with zero attached hydrogens (tertiary/aromatic N) is 4. The predicted molar refractivity (Wildman–Crippen MR) is 587 cm³/mol. The second kappa shape index (κ2) is 33.9. The van der Waals surface area contributed by atoms with Crippen molar-refractivity contribution in [2.75, 3.05) is 19.6 Å². The molecule has 0 aliphatic rings. The Morgan fingerprint density at radius 3 is 0.956 bits per heavy atom. The van der Waals surface area contributed by atoms with E-state index in [0.29, 0.717) is 0 Å². The molecule has 26 rings (SSSR count). The topological polar surface area (TPSA) is 39.2 Å². The van der Waals surface area contributed by atoms with Crippen molar-refractivity contribution in [3.05, 3.63) is 479 Å². The van der Waals surface area contributed by atoms with Gasteiger partial charge in [0.05, 0.1) is 30.8 Å². The monoisotopic (exact) mass is 1790 g/mol. The molecule has 22 aromatic carbocycles. The molecule has 0 fully saturated rings. The number of hydrogen-bond acceptors (Lipinski definition) is 8. The average molecular weight is 1790 g/mol. The Morgan fingerprint density at radius 1 is 0.191 bits per heavy atom. The summed E-state index contributed by atoms with van der Waals surface area (Å²) in [5, 5.41) is 21.3. The molecule has 26 aromatic rings. The van der Waals surface area contributed by atoms with Crippen LogP contribution in [0.15, 0.2) is 488 Å². The van der Waals surface area contributed by atoms with Crippen molar-refractivity contribution in [1.29, 1.82) is 0 Å². The van der Waals surface area contributed by atoms with Crippen LogP contribution in [0, 0.1) is 0 Å². The lowest BCUT2D eigenvalue weighted by molar-refractivity contribution is 0.668. The van der Waals surface area contributed by atoms with Crippen LogP contribution < -0.4 is 24.8 Å². The van der Waals surface area contributed by atoms with E-state index in [1.807, 2.05) is 40.9 Å². The van der Waals surface area contributed by atoms with Crippen LogP contribution in [0.5, 0.6) is 0 Å². The van der Waals surface area contributed by atoms with Gasteiger partial charge >= 0.3 is 0 Å². The third kappa shape index (κ3) is 14.3. The molecule has 644 valence electrons. The van der Waals surface area contributed by atoms with Crippen LogP contribution in [-0.2, 0) is 0 Å². The predicted octanol–water partition coefficient (Wildman–Crippen LogP) is 37.6. The lowest BCUT2D eigenvalue weighted by Crippen LogP contribution is -2.37. The Balaban J connectivity index is 0.000000145. The lowest BCUT2D eigenvalue weighted by atomic mass is 9.95. The number of thiophene rings is 2. The van der Waals surface area contributed by atoms with Crippen molar-refractivity contribution in [2.24, 2.45) is 0 Å². The van der Waals surface area contributed by atoms with Gasteiger partial charge in [0, 0.05) is 129 Å². The molecule has 136 heavy (non-hydrogen) atoms. The van der Waals surface area contributed by atoms with Crippen LogP contribution >= 0.6 is 22.7 Å². The van der Waals surface area contributed by atoms with Crippen molar-refractivity contribution >= 4 is 231 Å². The molecule has 0 bridgehead atoms. The molecule has 0 atom stereocenters. The first kappa shape index (κ1) is 81.3. The fourth-order valence-electron chi connectivity index (χ4n) is 20.6. The van der Waals surface area contributed by atoms with Crippen molar-refractivity contribution in [3.8, 4) is 44.5 Å². The third-order valence-electron chi connectivity index (χ3n) is 27.0. The largest absolute Gasteiger partial charge is 0.454 e. The SMILES string of the molecule is C[Si](C)(C)c1ccc(N(c2ccccc2)c2ccc3c(c2)c2ccccc2c2c4ccc(-c5ccc(N(c6ccccc6-c6ccccc6)c6cccc7c6oc6ccccc67)cc5)cc4sc32)cc1.c1ccc(-c2ccccc2N(c2ccccc2)c2ccc3c(c2)c2ccccc2c2c4ccc(-c5ccc(N(c6ccccc6)c6cccc7c6oc6ccccc67)cc5)cc4sc32)cc1. The summed E-state index contributed by atoms with van der Waals surface area (Å²) in [4.78, 5) is 9.46. The summed E-state index contributed by atoms with van der Waals surface area (Å²) < 4.78 is 18.4. The molecule has 4 heterocycles. The maximum absolute atomic E-state index is 6.69.